The maximum absolute atomic E-state index is 12.6. The maximum Gasteiger partial charge on any atom is 0.237 e. The summed E-state index contributed by atoms with van der Waals surface area (Å²) in [5.74, 6) is 3.14. The number of hydrogen-bond acceptors (Lipinski definition) is 6. The average molecular weight is 441 g/mol. The van der Waals surface area contributed by atoms with Gasteiger partial charge in [0.25, 0.3) is 0 Å². The van der Waals surface area contributed by atoms with Crippen LogP contribution < -0.4 is 10.1 Å². The fraction of sp³-hybridized carbons (Fsp3) is 0.625. The van der Waals surface area contributed by atoms with Gasteiger partial charge in [0.1, 0.15) is 24.0 Å². The van der Waals surface area contributed by atoms with Crippen LogP contribution in [-0.2, 0) is 24.3 Å². The van der Waals surface area contributed by atoms with Crippen LogP contribution in [0.25, 0.3) is 0 Å². The summed E-state index contributed by atoms with van der Waals surface area (Å²) in [6, 6.07) is 7.82. The smallest absolute Gasteiger partial charge is 0.237 e. The van der Waals surface area contributed by atoms with Crippen LogP contribution in [0.1, 0.15) is 43.4 Å². The minimum absolute atomic E-state index is 0.0640. The molecule has 2 aliphatic rings. The van der Waals surface area contributed by atoms with Crippen LogP contribution in [0.2, 0.25) is 0 Å². The molecule has 1 aromatic carbocycles. The van der Waals surface area contributed by atoms with Crippen molar-refractivity contribution in [1.29, 1.82) is 0 Å². The van der Waals surface area contributed by atoms with Crippen molar-refractivity contribution in [3.63, 3.8) is 0 Å². The van der Waals surface area contributed by atoms with E-state index in [0.29, 0.717) is 13.2 Å². The summed E-state index contributed by atoms with van der Waals surface area (Å²) in [6.45, 7) is 10.5. The lowest BCUT2D eigenvalue weighted by molar-refractivity contribution is -0.126. The lowest BCUT2D eigenvalue weighted by atomic mass is 10.2. The van der Waals surface area contributed by atoms with E-state index in [0.717, 1.165) is 63.1 Å². The lowest BCUT2D eigenvalue weighted by Gasteiger charge is -2.37. The highest BCUT2D eigenvalue weighted by Gasteiger charge is 2.26. The molecule has 0 saturated carbocycles. The van der Waals surface area contributed by atoms with E-state index in [-0.39, 0.29) is 11.9 Å². The molecule has 0 spiro atoms. The maximum atomic E-state index is 12.6. The molecule has 0 aliphatic carbocycles. The molecule has 1 aromatic heterocycles. The average Bonchev–Trinajstić information content (AvgIpc) is 3.02. The quantitative estimate of drug-likeness (QED) is 0.633. The van der Waals surface area contributed by atoms with E-state index in [1.54, 1.807) is 0 Å². The predicted molar refractivity (Wildman–Crippen MR) is 124 cm³/mol. The number of amides is 1. The molecular weight excluding hydrogens is 404 g/mol. The van der Waals surface area contributed by atoms with Gasteiger partial charge in [0, 0.05) is 39.1 Å². The normalized spacial score (nSPS) is 18.6. The summed E-state index contributed by atoms with van der Waals surface area (Å²) >= 11 is 0. The first-order valence-corrected chi connectivity index (χ1v) is 11.9. The zero-order chi connectivity index (χ0) is 22.3. The topological polar surface area (TPSA) is 75.5 Å². The zero-order valence-corrected chi connectivity index (χ0v) is 19.4. The van der Waals surface area contributed by atoms with Crippen LogP contribution in [-0.4, -0.2) is 75.8 Å². The van der Waals surface area contributed by atoms with Crippen molar-refractivity contribution in [3.05, 3.63) is 41.5 Å². The van der Waals surface area contributed by atoms with E-state index in [1.165, 1.54) is 24.8 Å². The summed E-state index contributed by atoms with van der Waals surface area (Å²) in [7, 11) is 0. The molecule has 1 amide bonds. The molecule has 2 aromatic rings. The van der Waals surface area contributed by atoms with Crippen LogP contribution >= 0.6 is 0 Å². The molecule has 174 valence electrons. The molecule has 32 heavy (non-hydrogen) atoms. The Labute approximate surface area is 190 Å². The first-order chi connectivity index (χ1) is 15.6. The Morgan fingerprint density at radius 3 is 2.78 bits per heavy atom. The molecule has 0 radical (unpaired) electrons. The van der Waals surface area contributed by atoms with Crippen LogP contribution in [0.15, 0.2) is 24.3 Å². The van der Waals surface area contributed by atoms with Crippen molar-refractivity contribution in [2.45, 2.75) is 58.7 Å². The number of piperazine rings is 1. The number of carbonyl (C=O) groups is 1. The first-order valence-electron chi connectivity index (χ1n) is 11.9. The second-order valence-corrected chi connectivity index (χ2v) is 8.94. The Kier molecular flexibility index (Phi) is 7.76. The first kappa shape index (κ1) is 22.7. The third-order valence-corrected chi connectivity index (χ3v) is 6.54. The Morgan fingerprint density at radius 1 is 1.12 bits per heavy atom. The molecule has 1 fully saturated rings. The fourth-order valence-electron chi connectivity index (χ4n) is 4.53. The van der Waals surface area contributed by atoms with Crippen LogP contribution in [0.5, 0.6) is 5.75 Å². The molecule has 3 heterocycles. The number of fused-ring (bicyclic) bond motifs is 1. The molecule has 0 bridgehead atoms. The Balaban J connectivity index is 1.17. The van der Waals surface area contributed by atoms with E-state index < -0.39 is 0 Å². The van der Waals surface area contributed by atoms with Crippen molar-refractivity contribution in [1.82, 2.24) is 29.9 Å². The Hall–Kier alpha value is -2.45. The number of aromatic nitrogens is 3. The Bertz CT molecular complexity index is 890. The number of aryl methyl sites for hydroxylation is 2. The standard InChI is InChI=1S/C24H36N6O2/c1-19-7-6-8-21(17-19)32-16-10-25-24(31)20(2)29-14-12-28(13-15-29)18-23-27-26-22-9-4-3-5-11-30(22)23/h6-8,17,20H,3-5,9-16,18H2,1-2H3,(H,25,31)/t20-/m0/s1. The molecule has 1 atom stereocenters. The van der Waals surface area contributed by atoms with Crippen molar-refractivity contribution in [3.8, 4) is 5.75 Å². The predicted octanol–water partition coefficient (Wildman–Crippen LogP) is 2.01. The van der Waals surface area contributed by atoms with Gasteiger partial charge in [0.15, 0.2) is 0 Å². The van der Waals surface area contributed by atoms with Crippen molar-refractivity contribution in [2.75, 3.05) is 39.3 Å². The number of hydrogen-bond donors (Lipinski definition) is 1. The van der Waals surface area contributed by atoms with Crippen molar-refractivity contribution in [2.24, 2.45) is 0 Å². The molecular formula is C24H36N6O2. The number of rotatable bonds is 8. The third kappa shape index (κ3) is 5.86. The Morgan fingerprint density at radius 2 is 1.97 bits per heavy atom. The molecule has 1 N–H and O–H groups in total. The van der Waals surface area contributed by atoms with E-state index in [9.17, 15) is 4.79 Å². The van der Waals surface area contributed by atoms with Gasteiger partial charge in [-0.1, -0.05) is 18.6 Å². The highest BCUT2D eigenvalue weighted by Crippen LogP contribution is 2.17. The van der Waals surface area contributed by atoms with Crippen LogP contribution in [0.3, 0.4) is 0 Å². The summed E-state index contributed by atoms with van der Waals surface area (Å²) < 4.78 is 8.05. The van der Waals surface area contributed by atoms with Gasteiger partial charge in [-0.2, -0.15) is 0 Å². The van der Waals surface area contributed by atoms with Crippen LogP contribution in [0, 0.1) is 6.92 Å². The summed E-state index contributed by atoms with van der Waals surface area (Å²) in [6.07, 6.45) is 4.76. The van der Waals surface area contributed by atoms with Gasteiger partial charge in [-0.25, -0.2) is 0 Å². The second-order valence-electron chi connectivity index (χ2n) is 8.94. The van der Waals surface area contributed by atoms with E-state index in [1.807, 2.05) is 38.1 Å². The van der Waals surface area contributed by atoms with Crippen molar-refractivity contribution < 1.29 is 9.53 Å². The largest absolute Gasteiger partial charge is 0.492 e. The lowest BCUT2D eigenvalue weighted by Crippen LogP contribution is -2.54. The molecule has 8 heteroatoms. The van der Waals surface area contributed by atoms with Gasteiger partial charge in [0.2, 0.25) is 5.91 Å². The number of ether oxygens (including phenoxy) is 1. The highest BCUT2D eigenvalue weighted by molar-refractivity contribution is 5.81. The number of benzene rings is 1. The van der Waals surface area contributed by atoms with Gasteiger partial charge in [-0.15, -0.1) is 10.2 Å². The molecule has 0 unspecified atom stereocenters. The number of nitrogens with one attached hydrogen (secondary N) is 1. The minimum Gasteiger partial charge on any atom is -0.492 e. The van der Waals surface area contributed by atoms with Gasteiger partial charge in [0.05, 0.1) is 19.1 Å². The summed E-state index contributed by atoms with van der Waals surface area (Å²) in [5.41, 5.74) is 1.17. The second kappa shape index (κ2) is 10.9. The number of nitrogens with zero attached hydrogens (tertiary/aromatic N) is 5. The van der Waals surface area contributed by atoms with Crippen LogP contribution in [0.4, 0.5) is 0 Å². The molecule has 8 nitrogen and oxygen atoms in total. The van der Waals surface area contributed by atoms with E-state index >= 15 is 0 Å². The fourth-order valence-corrected chi connectivity index (χ4v) is 4.53. The third-order valence-electron chi connectivity index (χ3n) is 6.54. The molecule has 2 aliphatic heterocycles. The zero-order valence-electron chi connectivity index (χ0n) is 19.4. The highest BCUT2D eigenvalue weighted by atomic mass is 16.5. The van der Waals surface area contributed by atoms with Gasteiger partial charge >= 0.3 is 0 Å². The molecule has 1 saturated heterocycles. The van der Waals surface area contributed by atoms with Gasteiger partial charge in [-0.3, -0.25) is 14.6 Å². The summed E-state index contributed by atoms with van der Waals surface area (Å²) in [5, 5.41) is 11.9. The van der Waals surface area contributed by atoms with Gasteiger partial charge in [-0.05, 0) is 44.4 Å². The van der Waals surface area contributed by atoms with Crippen molar-refractivity contribution >= 4 is 5.91 Å². The molecule has 4 rings (SSSR count). The van der Waals surface area contributed by atoms with E-state index in [2.05, 4.69) is 29.9 Å². The van der Waals surface area contributed by atoms with Gasteiger partial charge < -0.3 is 14.6 Å². The number of carbonyl (C=O) groups excluding carboxylic acids is 1. The summed E-state index contributed by atoms with van der Waals surface area (Å²) in [4.78, 5) is 17.3. The monoisotopic (exact) mass is 440 g/mol. The minimum atomic E-state index is -0.138. The SMILES string of the molecule is Cc1cccc(OCCNC(=O)[C@H](C)N2CCN(Cc3nnc4n3CCCCC4)CC2)c1. The van der Waals surface area contributed by atoms with E-state index in [4.69, 9.17) is 4.74 Å².